The third kappa shape index (κ3) is 2.83. The van der Waals surface area contributed by atoms with Crippen LogP contribution in [-0.4, -0.2) is 48.8 Å². The zero-order chi connectivity index (χ0) is 16.7. The molecule has 5 nitrogen and oxygen atoms in total. The number of para-hydroxylation sites is 1. The Hall–Kier alpha value is -1.82. The van der Waals surface area contributed by atoms with Crippen molar-refractivity contribution in [3.05, 3.63) is 36.0 Å². The Morgan fingerprint density at radius 2 is 1.88 bits per heavy atom. The molecule has 0 spiro atoms. The van der Waals surface area contributed by atoms with Crippen LogP contribution in [0.4, 0.5) is 0 Å². The van der Waals surface area contributed by atoms with E-state index in [-0.39, 0.29) is 23.3 Å². The fraction of sp³-hybridized carbons (Fsp3) is 0.500. The summed E-state index contributed by atoms with van der Waals surface area (Å²) in [7, 11) is -3.00. The van der Waals surface area contributed by atoms with Crippen molar-refractivity contribution < 1.29 is 13.2 Å². The topological polar surface area (TPSA) is 70.2 Å². The van der Waals surface area contributed by atoms with Crippen LogP contribution in [0.2, 0.25) is 0 Å². The molecule has 1 aromatic carbocycles. The van der Waals surface area contributed by atoms with Crippen molar-refractivity contribution in [1.29, 1.82) is 0 Å². The highest BCUT2D eigenvalue weighted by molar-refractivity contribution is 7.91. The number of nitrogens with zero attached hydrogens (tertiary/aromatic N) is 1. The molecule has 4 rings (SSSR count). The van der Waals surface area contributed by atoms with E-state index in [0.717, 1.165) is 31.4 Å². The summed E-state index contributed by atoms with van der Waals surface area (Å²) in [6.07, 6.45) is 4.46. The van der Waals surface area contributed by atoms with Gasteiger partial charge in [0.2, 0.25) is 5.91 Å². The molecule has 2 aromatic rings. The maximum absolute atomic E-state index is 12.5. The molecule has 2 aliphatic heterocycles. The molecule has 0 aliphatic carbocycles. The SMILES string of the molecule is O=C(C1CCS(=O)(=O)C1)N1CCC(c2c[nH]c3ccccc23)CC1. The maximum atomic E-state index is 12.5. The smallest absolute Gasteiger partial charge is 0.226 e. The van der Waals surface area contributed by atoms with Crippen molar-refractivity contribution in [3.63, 3.8) is 0 Å². The van der Waals surface area contributed by atoms with Crippen LogP contribution in [0.15, 0.2) is 30.5 Å². The average molecular weight is 346 g/mol. The maximum Gasteiger partial charge on any atom is 0.226 e. The molecule has 6 heteroatoms. The minimum absolute atomic E-state index is 0.0356. The van der Waals surface area contributed by atoms with Gasteiger partial charge in [0.25, 0.3) is 0 Å². The molecular weight excluding hydrogens is 324 g/mol. The van der Waals surface area contributed by atoms with Crippen molar-refractivity contribution in [2.75, 3.05) is 24.6 Å². The molecule has 24 heavy (non-hydrogen) atoms. The first-order valence-electron chi connectivity index (χ1n) is 8.59. The molecule has 2 aliphatic rings. The summed E-state index contributed by atoms with van der Waals surface area (Å²) in [5.74, 6) is 0.370. The molecular formula is C18H22N2O3S. The molecule has 1 amide bonds. The predicted molar refractivity (Wildman–Crippen MR) is 93.6 cm³/mol. The number of aromatic nitrogens is 1. The largest absolute Gasteiger partial charge is 0.361 e. The van der Waals surface area contributed by atoms with Crippen LogP contribution in [0.1, 0.15) is 30.7 Å². The molecule has 0 radical (unpaired) electrons. The third-order valence-corrected chi connectivity index (χ3v) is 7.22. The summed E-state index contributed by atoms with van der Waals surface area (Å²) in [5, 5.41) is 1.27. The molecule has 1 N–H and O–H groups in total. The molecule has 1 atom stereocenters. The summed E-state index contributed by atoms with van der Waals surface area (Å²) in [5.41, 5.74) is 2.49. The number of hydrogen-bond donors (Lipinski definition) is 1. The Kier molecular flexibility index (Phi) is 3.87. The number of hydrogen-bond acceptors (Lipinski definition) is 3. The Morgan fingerprint density at radius 3 is 2.58 bits per heavy atom. The van der Waals surface area contributed by atoms with Gasteiger partial charge in [0, 0.05) is 30.2 Å². The number of carbonyl (C=O) groups is 1. The zero-order valence-corrected chi connectivity index (χ0v) is 14.4. The van der Waals surface area contributed by atoms with E-state index in [2.05, 4.69) is 29.4 Å². The minimum Gasteiger partial charge on any atom is -0.361 e. The van der Waals surface area contributed by atoms with Crippen LogP contribution >= 0.6 is 0 Å². The van der Waals surface area contributed by atoms with Gasteiger partial charge in [-0.25, -0.2) is 8.42 Å². The van der Waals surface area contributed by atoms with Gasteiger partial charge in [0.1, 0.15) is 0 Å². The first-order valence-corrected chi connectivity index (χ1v) is 10.4. The van der Waals surface area contributed by atoms with Crippen LogP contribution in [-0.2, 0) is 14.6 Å². The van der Waals surface area contributed by atoms with E-state index < -0.39 is 9.84 Å². The van der Waals surface area contributed by atoms with Crippen LogP contribution < -0.4 is 0 Å². The number of nitrogens with one attached hydrogen (secondary N) is 1. The lowest BCUT2D eigenvalue weighted by Crippen LogP contribution is -2.41. The summed E-state index contributed by atoms with van der Waals surface area (Å²) in [6.45, 7) is 1.44. The second-order valence-corrected chi connectivity index (χ2v) is 9.22. The Morgan fingerprint density at radius 1 is 1.12 bits per heavy atom. The first kappa shape index (κ1) is 15.7. The number of benzene rings is 1. The van der Waals surface area contributed by atoms with E-state index >= 15 is 0 Å². The number of sulfone groups is 1. The van der Waals surface area contributed by atoms with Crippen LogP contribution in [0.3, 0.4) is 0 Å². The number of amides is 1. The van der Waals surface area contributed by atoms with Gasteiger partial charge in [-0.1, -0.05) is 18.2 Å². The van der Waals surface area contributed by atoms with Crippen LogP contribution in [0, 0.1) is 5.92 Å². The van der Waals surface area contributed by atoms with Gasteiger partial charge in [-0.2, -0.15) is 0 Å². The first-order chi connectivity index (χ1) is 11.5. The lowest BCUT2D eigenvalue weighted by molar-refractivity contribution is -0.135. The van der Waals surface area contributed by atoms with E-state index in [9.17, 15) is 13.2 Å². The van der Waals surface area contributed by atoms with Gasteiger partial charge in [0.15, 0.2) is 9.84 Å². The molecule has 2 saturated heterocycles. The summed E-state index contributed by atoms with van der Waals surface area (Å²) < 4.78 is 23.2. The molecule has 1 aromatic heterocycles. The lowest BCUT2D eigenvalue weighted by Gasteiger charge is -2.33. The van der Waals surface area contributed by atoms with Gasteiger partial charge < -0.3 is 9.88 Å². The van der Waals surface area contributed by atoms with E-state index in [1.54, 1.807) is 0 Å². The van der Waals surface area contributed by atoms with Crippen LogP contribution in [0.5, 0.6) is 0 Å². The van der Waals surface area contributed by atoms with Crippen molar-refractivity contribution in [1.82, 2.24) is 9.88 Å². The van der Waals surface area contributed by atoms with E-state index in [0.29, 0.717) is 12.3 Å². The Bertz CT molecular complexity index is 863. The summed E-state index contributed by atoms with van der Waals surface area (Å²) >= 11 is 0. The van der Waals surface area contributed by atoms with Gasteiger partial charge in [0.05, 0.1) is 17.4 Å². The lowest BCUT2D eigenvalue weighted by atomic mass is 9.88. The second-order valence-electron chi connectivity index (χ2n) is 6.99. The normalized spacial score (nSPS) is 24.5. The molecule has 0 bridgehead atoms. The highest BCUT2D eigenvalue weighted by Crippen LogP contribution is 2.34. The molecule has 1 unspecified atom stereocenters. The summed E-state index contributed by atoms with van der Waals surface area (Å²) in [4.78, 5) is 17.7. The Balaban J connectivity index is 1.43. The Labute approximate surface area is 142 Å². The highest BCUT2D eigenvalue weighted by atomic mass is 32.2. The van der Waals surface area contributed by atoms with Gasteiger partial charge >= 0.3 is 0 Å². The van der Waals surface area contributed by atoms with E-state index in [1.807, 2.05) is 11.0 Å². The second kappa shape index (κ2) is 5.92. The fourth-order valence-electron chi connectivity index (χ4n) is 4.09. The van der Waals surface area contributed by atoms with Crippen molar-refractivity contribution in [2.24, 2.45) is 5.92 Å². The number of aromatic amines is 1. The number of likely N-dealkylation sites (tertiary alicyclic amines) is 1. The zero-order valence-electron chi connectivity index (χ0n) is 13.6. The van der Waals surface area contributed by atoms with Gasteiger partial charge in [-0.05, 0) is 36.8 Å². The average Bonchev–Trinajstić information content (AvgIpc) is 3.17. The number of H-pyrrole nitrogens is 1. The number of piperidine rings is 1. The van der Waals surface area contributed by atoms with E-state index in [1.165, 1.54) is 10.9 Å². The van der Waals surface area contributed by atoms with Gasteiger partial charge in [-0.3, -0.25) is 4.79 Å². The number of rotatable bonds is 2. The fourth-order valence-corrected chi connectivity index (χ4v) is 5.82. The third-order valence-electron chi connectivity index (χ3n) is 5.45. The highest BCUT2D eigenvalue weighted by Gasteiger charge is 2.36. The van der Waals surface area contributed by atoms with Crippen LogP contribution in [0.25, 0.3) is 10.9 Å². The molecule has 2 fully saturated rings. The van der Waals surface area contributed by atoms with Crippen molar-refractivity contribution in [3.8, 4) is 0 Å². The van der Waals surface area contributed by atoms with E-state index in [4.69, 9.17) is 0 Å². The molecule has 128 valence electrons. The predicted octanol–water partition coefficient (Wildman–Crippen LogP) is 2.31. The summed E-state index contributed by atoms with van der Waals surface area (Å²) in [6, 6.07) is 8.30. The number of fused-ring (bicyclic) bond motifs is 1. The molecule has 0 saturated carbocycles. The van der Waals surface area contributed by atoms with Crippen molar-refractivity contribution >= 4 is 26.6 Å². The standard InChI is InChI=1S/C18H22N2O3S/c21-18(14-7-10-24(22,23)12-14)20-8-5-13(6-9-20)16-11-19-17-4-2-1-3-15(16)17/h1-4,11,13-14,19H,5-10,12H2. The monoisotopic (exact) mass is 346 g/mol. The van der Waals surface area contributed by atoms with Crippen molar-refractivity contribution in [2.45, 2.75) is 25.2 Å². The molecule has 3 heterocycles. The quantitative estimate of drug-likeness (QED) is 0.907. The van der Waals surface area contributed by atoms with Gasteiger partial charge in [-0.15, -0.1) is 0 Å². The minimum atomic E-state index is -3.00. The number of carbonyl (C=O) groups excluding carboxylic acids is 1.